The SMILES string of the molecule is CCC1CC1Cn1c(C)c(N)ccc1=O. The van der Waals surface area contributed by atoms with E-state index in [4.69, 9.17) is 5.73 Å². The fourth-order valence-electron chi connectivity index (χ4n) is 2.19. The van der Waals surface area contributed by atoms with Gasteiger partial charge in [0.05, 0.1) is 5.69 Å². The molecule has 0 radical (unpaired) electrons. The number of anilines is 1. The first kappa shape index (κ1) is 10.3. The van der Waals surface area contributed by atoms with Gasteiger partial charge in [-0.15, -0.1) is 0 Å². The lowest BCUT2D eigenvalue weighted by Crippen LogP contribution is -2.23. The molecule has 15 heavy (non-hydrogen) atoms. The molecular weight excluding hydrogens is 188 g/mol. The van der Waals surface area contributed by atoms with E-state index < -0.39 is 0 Å². The van der Waals surface area contributed by atoms with Gasteiger partial charge in [-0.2, -0.15) is 0 Å². The number of nitrogen functional groups attached to an aromatic ring is 1. The Hall–Kier alpha value is -1.25. The highest BCUT2D eigenvalue weighted by molar-refractivity contribution is 5.41. The predicted octanol–water partition coefficient (Wildman–Crippen LogP) is 1.79. The van der Waals surface area contributed by atoms with Crippen LogP contribution in [0, 0.1) is 18.8 Å². The average Bonchev–Trinajstić information content (AvgIpc) is 2.97. The van der Waals surface area contributed by atoms with Gasteiger partial charge in [0.2, 0.25) is 0 Å². The van der Waals surface area contributed by atoms with Gasteiger partial charge in [0, 0.05) is 18.3 Å². The highest BCUT2D eigenvalue weighted by Gasteiger charge is 2.35. The van der Waals surface area contributed by atoms with Crippen molar-refractivity contribution in [3.63, 3.8) is 0 Å². The van der Waals surface area contributed by atoms with Crippen molar-refractivity contribution >= 4 is 5.69 Å². The monoisotopic (exact) mass is 206 g/mol. The number of aromatic nitrogens is 1. The molecule has 2 N–H and O–H groups in total. The van der Waals surface area contributed by atoms with E-state index in [2.05, 4.69) is 6.92 Å². The summed E-state index contributed by atoms with van der Waals surface area (Å²) in [4.78, 5) is 11.7. The summed E-state index contributed by atoms with van der Waals surface area (Å²) >= 11 is 0. The molecule has 0 bridgehead atoms. The Morgan fingerprint density at radius 1 is 1.47 bits per heavy atom. The fourth-order valence-corrected chi connectivity index (χ4v) is 2.19. The Morgan fingerprint density at radius 2 is 2.20 bits per heavy atom. The molecule has 0 aliphatic heterocycles. The van der Waals surface area contributed by atoms with Crippen molar-refractivity contribution < 1.29 is 0 Å². The Bertz CT molecular complexity index is 422. The molecule has 2 unspecified atom stereocenters. The molecule has 1 heterocycles. The first-order valence-electron chi connectivity index (χ1n) is 5.59. The van der Waals surface area contributed by atoms with Crippen LogP contribution in [0.5, 0.6) is 0 Å². The summed E-state index contributed by atoms with van der Waals surface area (Å²) in [6.45, 7) is 4.97. The minimum Gasteiger partial charge on any atom is -0.397 e. The second-order valence-corrected chi connectivity index (χ2v) is 4.49. The summed E-state index contributed by atoms with van der Waals surface area (Å²) in [5.41, 5.74) is 7.48. The molecule has 0 amide bonds. The molecule has 82 valence electrons. The van der Waals surface area contributed by atoms with Crippen molar-refractivity contribution in [3.8, 4) is 0 Å². The zero-order chi connectivity index (χ0) is 11.0. The molecule has 0 aromatic carbocycles. The van der Waals surface area contributed by atoms with Gasteiger partial charge < -0.3 is 10.3 Å². The number of hydrogen-bond donors (Lipinski definition) is 1. The molecule has 1 fully saturated rings. The predicted molar refractivity (Wildman–Crippen MR) is 61.7 cm³/mol. The topological polar surface area (TPSA) is 48.0 Å². The third kappa shape index (κ3) is 1.91. The van der Waals surface area contributed by atoms with Crippen molar-refractivity contribution in [1.82, 2.24) is 4.57 Å². The number of nitrogens with two attached hydrogens (primary N) is 1. The number of rotatable bonds is 3. The molecule has 0 saturated heterocycles. The van der Waals surface area contributed by atoms with Gasteiger partial charge in [-0.1, -0.05) is 13.3 Å². The van der Waals surface area contributed by atoms with Crippen LogP contribution in [0.3, 0.4) is 0 Å². The maximum atomic E-state index is 11.7. The van der Waals surface area contributed by atoms with E-state index in [1.165, 1.54) is 12.8 Å². The minimum absolute atomic E-state index is 0.0726. The molecule has 1 aliphatic rings. The Morgan fingerprint density at radius 3 is 2.80 bits per heavy atom. The van der Waals surface area contributed by atoms with Crippen molar-refractivity contribution in [2.45, 2.75) is 33.2 Å². The van der Waals surface area contributed by atoms with Crippen LogP contribution in [-0.4, -0.2) is 4.57 Å². The molecule has 3 nitrogen and oxygen atoms in total. The van der Waals surface area contributed by atoms with Gasteiger partial charge in [-0.25, -0.2) is 0 Å². The van der Waals surface area contributed by atoms with Crippen molar-refractivity contribution in [2.24, 2.45) is 11.8 Å². The van der Waals surface area contributed by atoms with Crippen molar-refractivity contribution in [2.75, 3.05) is 5.73 Å². The summed E-state index contributed by atoms with van der Waals surface area (Å²) in [5, 5.41) is 0. The van der Waals surface area contributed by atoms with Crippen LogP contribution < -0.4 is 11.3 Å². The Kier molecular flexibility index (Phi) is 2.55. The summed E-state index contributed by atoms with van der Waals surface area (Å²) < 4.78 is 1.82. The highest BCUT2D eigenvalue weighted by atomic mass is 16.1. The summed E-state index contributed by atoms with van der Waals surface area (Å²) in [6.07, 6.45) is 2.48. The van der Waals surface area contributed by atoms with Gasteiger partial charge in [0.15, 0.2) is 0 Å². The first-order valence-corrected chi connectivity index (χ1v) is 5.59. The summed E-state index contributed by atoms with van der Waals surface area (Å²) in [5.74, 6) is 1.51. The maximum absolute atomic E-state index is 11.7. The molecule has 2 rings (SSSR count). The van der Waals surface area contributed by atoms with Crippen LogP contribution in [0.25, 0.3) is 0 Å². The van der Waals surface area contributed by atoms with Crippen LogP contribution in [0.2, 0.25) is 0 Å². The van der Waals surface area contributed by atoms with Crippen LogP contribution in [-0.2, 0) is 6.54 Å². The normalized spacial score (nSPS) is 24.1. The van der Waals surface area contributed by atoms with Crippen molar-refractivity contribution in [3.05, 3.63) is 28.2 Å². The Balaban J connectivity index is 2.21. The lowest BCUT2D eigenvalue weighted by Gasteiger charge is -2.11. The highest BCUT2D eigenvalue weighted by Crippen LogP contribution is 2.42. The maximum Gasteiger partial charge on any atom is 0.250 e. The molecule has 0 spiro atoms. The largest absolute Gasteiger partial charge is 0.397 e. The van der Waals surface area contributed by atoms with Crippen LogP contribution in [0.1, 0.15) is 25.5 Å². The van der Waals surface area contributed by atoms with Crippen LogP contribution >= 0.6 is 0 Å². The second kappa shape index (κ2) is 3.72. The van der Waals surface area contributed by atoms with E-state index >= 15 is 0 Å². The number of nitrogens with zero attached hydrogens (tertiary/aromatic N) is 1. The van der Waals surface area contributed by atoms with Gasteiger partial charge >= 0.3 is 0 Å². The standard InChI is InChI=1S/C12H18N2O/c1-3-9-6-10(9)7-14-8(2)11(13)4-5-12(14)15/h4-5,9-10H,3,6-7,13H2,1-2H3. The quantitative estimate of drug-likeness (QED) is 0.819. The average molecular weight is 206 g/mol. The molecule has 1 aromatic rings. The van der Waals surface area contributed by atoms with Gasteiger partial charge in [0.1, 0.15) is 0 Å². The number of pyridine rings is 1. The van der Waals surface area contributed by atoms with E-state index in [0.29, 0.717) is 11.6 Å². The first-order chi connectivity index (χ1) is 7.13. The van der Waals surface area contributed by atoms with Gasteiger partial charge in [0.25, 0.3) is 5.56 Å². The molecular formula is C12H18N2O. The lowest BCUT2D eigenvalue weighted by molar-refractivity contribution is 0.547. The second-order valence-electron chi connectivity index (χ2n) is 4.49. The lowest BCUT2D eigenvalue weighted by atomic mass is 10.2. The van der Waals surface area contributed by atoms with Crippen LogP contribution in [0.15, 0.2) is 16.9 Å². The van der Waals surface area contributed by atoms with E-state index in [0.717, 1.165) is 18.2 Å². The Labute approximate surface area is 89.9 Å². The minimum atomic E-state index is 0.0726. The van der Waals surface area contributed by atoms with Gasteiger partial charge in [-0.3, -0.25) is 4.79 Å². The molecule has 2 atom stereocenters. The van der Waals surface area contributed by atoms with E-state index in [1.54, 1.807) is 12.1 Å². The van der Waals surface area contributed by atoms with E-state index in [1.807, 2.05) is 11.5 Å². The van der Waals surface area contributed by atoms with E-state index in [9.17, 15) is 4.79 Å². The molecule has 1 saturated carbocycles. The zero-order valence-electron chi connectivity index (χ0n) is 9.36. The van der Waals surface area contributed by atoms with Gasteiger partial charge in [-0.05, 0) is 31.2 Å². The number of hydrogen-bond acceptors (Lipinski definition) is 2. The van der Waals surface area contributed by atoms with E-state index in [-0.39, 0.29) is 5.56 Å². The third-order valence-electron chi connectivity index (χ3n) is 3.50. The van der Waals surface area contributed by atoms with Crippen molar-refractivity contribution in [1.29, 1.82) is 0 Å². The van der Waals surface area contributed by atoms with Crippen LogP contribution in [0.4, 0.5) is 5.69 Å². The molecule has 1 aliphatic carbocycles. The molecule has 1 aromatic heterocycles. The summed E-state index contributed by atoms with van der Waals surface area (Å²) in [6, 6.07) is 3.25. The fraction of sp³-hybridized carbons (Fsp3) is 0.583. The third-order valence-corrected chi connectivity index (χ3v) is 3.50. The summed E-state index contributed by atoms with van der Waals surface area (Å²) in [7, 11) is 0. The smallest absolute Gasteiger partial charge is 0.250 e. The zero-order valence-corrected chi connectivity index (χ0v) is 9.36. The molecule has 3 heteroatoms.